The van der Waals surface area contributed by atoms with Crippen molar-refractivity contribution in [1.29, 1.82) is 0 Å². The quantitative estimate of drug-likeness (QED) is 0.0915. The van der Waals surface area contributed by atoms with Crippen LogP contribution < -0.4 is 0 Å². The number of hydrogen-bond donors (Lipinski definition) is 0. The van der Waals surface area contributed by atoms with Crippen LogP contribution in [0.25, 0.3) is 316 Å². The topological polar surface area (TPSA) is 0 Å². The van der Waals surface area contributed by atoms with Crippen LogP contribution in [0.4, 0.5) is 0 Å². The third-order valence-corrected chi connectivity index (χ3v) is 29.4. The highest BCUT2D eigenvalue weighted by molar-refractivity contribution is 6.49. The van der Waals surface area contributed by atoms with Crippen molar-refractivity contribution in [2.45, 2.75) is 0 Å². The fraction of sp³-hybridized carbons (Fsp3) is 0. The summed E-state index contributed by atoms with van der Waals surface area (Å²) in [5, 5.41) is 53.1. The SMILES string of the molecule is C#C.[HH].[HH].[HH].[HH].c1ccc(-c2c3cc4c(cc3c(-c3ccccc3)c3c5ccc(-c6ccc7c8c(cccc68)-c6cc8ccccc8cc6-7)c6cccc(c23)c65)c2cccc3cccc4c32)cc1.c1ccc(-c2c3cc4c(cc3c(-c3ccccc3)c3c5ccc6c7ccc8c9c(ccc(c%10ccc(c23)c5c%106)c97)-c2cc3ccccc3cc2-8)c2cccc3cccc4c32)cc1. The first-order valence-corrected chi connectivity index (χ1v) is 43.9. The molecule has 0 fully saturated rings. The van der Waals surface area contributed by atoms with Gasteiger partial charge in [0, 0.05) is 5.71 Å². The zero-order valence-electron chi connectivity index (χ0n) is 68.3. The Morgan fingerprint density at radius 2 is 0.341 bits per heavy atom. The molecule has 31 rings (SSSR count). The van der Waals surface area contributed by atoms with E-state index in [2.05, 4.69) is 413 Å². The molecule has 0 aliphatic heterocycles. The smallest absolute Gasteiger partial charge is 0 e. The van der Waals surface area contributed by atoms with Gasteiger partial charge in [-0.25, -0.2) is 0 Å². The fourth-order valence-corrected chi connectivity index (χ4v) is 24.5. The van der Waals surface area contributed by atoms with E-state index in [4.69, 9.17) is 0 Å². The number of rotatable bonds is 5. The van der Waals surface area contributed by atoms with Crippen LogP contribution in [0.5, 0.6) is 0 Å². The van der Waals surface area contributed by atoms with Crippen molar-refractivity contribution < 1.29 is 5.71 Å². The van der Waals surface area contributed by atoms with Crippen LogP contribution in [0.2, 0.25) is 0 Å². The Hall–Kier alpha value is -16.6. The minimum Gasteiger partial charge on any atom is -0.124 e. The Bertz CT molecular complexity index is 9440. The van der Waals surface area contributed by atoms with E-state index in [-0.39, 0.29) is 5.71 Å². The van der Waals surface area contributed by atoms with Crippen LogP contribution in [0.1, 0.15) is 5.71 Å². The summed E-state index contributed by atoms with van der Waals surface area (Å²) in [5.74, 6) is 0. The number of benzene rings is 25. The van der Waals surface area contributed by atoms with Crippen molar-refractivity contribution in [3.05, 3.63) is 400 Å². The molecule has 0 heterocycles. The normalized spacial score (nSPS) is 12.5. The van der Waals surface area contributed by atoms with Crippen molar-refractivity contribution in [1.82, 2.24) is 0 Å². The molecule has 29 aromatic rings. The van der Waals surface area contributed by atoms with Gasteiger partial charge in [0.2, 0.25) is 0 Å². The van der Waals surface area contributed by atoms with Crippen LogP contribution >= 0.6 is 0 Å². The molecular formula is C126H76. The van der Waals surface area contributed by atoms with Crippen molar-refractivity contribution in [2.75, 3.05) is 0 Å². The summed E-state index contributed by atoms with van der Waals surface area (Å²) < 4.78 is 0. The Labute approximate surface area is 729 Å². The summed E-state index contributed by atoms with van der Waals surface area (Å²) in [6, 6.07) is 152. The van der Waals surface area contributed by atoms with Gasteiger partial charge in [-0.2, -0.15) is 0 Å². The van der Waals surface area contributed by atoms with Gasteiger partial charge < -0.3 is 0 Å². The van der Waals surface area contributed by atoms with E-state index >= 15 is 0 Å². The van der Waals surface area contributed by atoms with Gasteiger partial charge in [0.05, 0.1) is 0 Å². The summed E-state index contributed by atoms with van der Waals surface area (Å²) >= 11 is 0. The van der Waals surface area contributed by atoms with Crippen LogP contribution in [0.3, 0.4) is 0 Å². The lowest BCUT2D eigenvalue weighted by molar-refractivity contribution is 1.68. The highest BCUT2D eigenvalue weighted by Crippen LogP contribution is 2.61. The molecule has 0 radical (unpaired) electrons. The summed E-state index contributed by atoms with van der Waals surface area (Å²) in [5.41, 5.74) is 23.5. The molecule has 126 heavy (non-hydrogen) atoms. The number of terminal acetylenes is 1. The fourth-order valence-electron chi connectivity index (χ4n) is 24.5. The number of fused-ring (bicyclic) bond motifs is 24. The molecule has 0 atom stereocenters. The Morgan fingerprint density at radius 3 is 0.730 bits per heavy atom. The van der Waals surface area contributed by atoms with Crippen molar-refractivity contribution in [3.8, 4) is 113 Å². The molecule has 2 aliphatic carbocycles. The first kappa shape index (κ1) is 68.1. The molecule has 0 amide bonds. The average molecular weight is 1590 g/mol. The predicted molar refractivity (Wildman–Crippen MR) is 553 cm³/mol. The van der Waals surface area contributed by atoms with Gasteiger partial charge in [0.1, 0.15) is 0 Å². The average Bonchev–Trinajstić information content (AvgIpc) is 1.50. The maximum atomic E-state index is 4.00. The van der Waals surface area contributed by atoms with Crippen molar-refractivity contribution in [3.63, 3.8) is 0 Å². The molecule has 0 saturated heterocycles. The Morgan fingerprint density at radius 1 is 0.111 bits per heavy atom. The van der Waals surface area contributed by atoms with Gasteiger partial charge in [-0.15, -0.1) is 12.8 Å². The van der Waals surface area contributed by atoms with E-state index in [1.54, 1.807) is 0 Å². The Kier molecular flexibility index (Phi) is 13.6. The highest BCUT2D eigenvalue weighted by atomic mass is 14.4. The van der Waals surface area contributed by atoms with Gasteiger partial charge in [0.25, 0.3) is 0 Å². The van der Waals surface area contributed by atoms with Gasteiger partial charge in [0.15, 0.2) is 0 Å². The summed E-state index contributed by atoms with van der Waals surface area (Å²) in [7, 11) is 0. The lowest BCUT2D eigenvalue weighted by atomic mass is 9.85. The standard InChI is InChI=1S/C62H32.C62H34.C2H2.4H2/c1-3-11-34(12-4-1)55-52-31-50-38-19-9-17-33-18-10-20-39(54(33)38)51(50)32-53(52)56(35-13-5-2-6-14-35)62-47-28-26-43-41-22-24-45-49-30-37-16-8-7-15-36(37)29-48(49)44-23-21-40(57(41)59(44)45)42-25-27-46(61(55)62)60(47)58(42)43;1-3-13-36(14-4-1)57-54-33-52-44-21-9-19-35-20-10-22-45(56(35)44)53(52)34-55(54)58(37-15-5-2-6-16-37)62-49-30-28-41(43-24-12-26-48(60(43)49)61(57)62)40-27-29-47-51-32-39-18-8-7-17-38(39)31-50(51)46-25-11-23-42(40)59(46)47;1-2;;;;/h1-32H;1-34H;1-2H;4*1H. The van der Waals surface area contributed by atoms with Gasteiger partial charge in [-0.05, 0) is 364 Å². The molecular weight excluding hydrogens is 1510 g/mol. The van der Waals surface area contributed by atoms with E-state index < -0.39 is 0 Å². The molecule has 580 valence electrons. The molecule has 2 aliphatic rings. The van der Waals surface area contributed by atoms with Crippen molar-refractivity contribution >= 4 is 215 Å². The van der Waals surface area contributed by atoms with Gasteiger partial charge >= 0.3 is 0 Å². The Balaban J connectivity index is 0.000000134. The summed E-state index contributed by atoms with van der Waals surface area (Å²) in [4.78, 5) is 0. The second-order valence-corrected chi connectivity index (χ2v) is 35.2. The van der Waals surface area contributed by atoms with Gasteiger partial charge in [-0.3, -0.25) is 0 Å². The second-order valence-electron chi connectivity index (χ2n) is 35.2. The number of hydrogen-bond acceptors (Lipinski definition) is 0. The van der Waals surface area contributed by atoms with E-state index in [9.17, 15) is 0 Å². The van der Waals surface area contributed by atoms with E-state index in [1.807, 2.05) is 0 Å². The van der Waals surface area contributed by atoms with Gasteiger partial charge in [-0.1, -0.05) is 352 Å². The van der Waals surface area contributed by atoms with Crippen LogP contribution in [0.15, 0.2) is 400 Å². The predicted octanol–water partition coefficient (Wildman–Crippen LogP) is 36.5. The van der Waals surface area contributed by atoms with Crippen LogP contribution in [-0.2, 0) is 0 Å². The zero-order valence-corrected chi connectivity index (χ0v) is 68.3. The van der Waals surface area contributed by atoms with Crippen LogP contribution in [0, 0.1) is 12.8 Å². The molecule has 0 spiro atoms. The molecule has 0 nitrogen and oxygen atoms in total. The van der Waals surface area contributed by atoms with Crippen LogP contribution in [-0.4, -0.2) is 0 Å². The summed E-state index contributed by atoms with van der Waals surface area (Å²) in [6.07, 6.45) is 8.00. The monoisotopic (exact) mass is 1590 g/mol. The third-order valence-electron chi connectivity index (χ3n) is 29.4. The first-order chi connectivity index (χ1) is 62.6. The maximum absolute atomic E-state index is 4.00. The maximum Gasteiger partial charge on any atom is 0 e. The minimum atomic E-state index is 0. The lowest BCUT2D eigenvalue weighted by Crippen LogP contribution is -1.89. The molecule has 0 saturated carbocycles. The molecule has 0 bridgehead atoms. The van der Waals surface area contributed by atoms with E-state index in [1.165, 1.54) is 316 Å². The highest BCUT2D eigenvalue weighted by Gasteiger charge is 2.33. The third kappa shape index (κ3) is 8.82. The summed E-state index contributed by atoms with van der Waals surface area (Å²) in [6.45, 7) is 0. The molecule has 0 aromatic heterocycles. The second kappa shape index (κ2) is 25.1. The molecule has 0 heteroatoms. The zero-order chi connectivity index (χ0) is 82.2. The minimum absolute atomic E-state index is 0. The lowest BCUT2D eigenvalue weighted by Gasteiger charge is -2.17. The van der Waals surface area contributed by atoms with E-state index in [0.717, 1.165) is 0 Å². The molecule has 29 aromatic carbocycles. The first-order valence-electron chi connectivity index (χ1n) is 43.9. The van der Waals surface area contributed by atoms with Crippen molar-refractivity contribution in [2.24, 2.45) is 0 Å². The molecule has 0 unspecified atom stereocenters. The molecule has 0 N–H and O–H groups in total. The van der Waals surface area contributed by atoms with E-state index in [0.29, 0.717) is 0 Å². The largest absolute Gasteiger partial charge is 0.124 e.